The molecule has 0 aliphatic heterocycles. The fourth-order valence-electron chi connectivity index (χ4n) is 2.16. The summed E-state index contributed by atoms with van der Waals surface area (Å²) >= 11 is 1.53. The van der Waals surface area contributed by atoms with Gasteiger partial charge in [-0.2, -0.15) is 0 Å². The van der Waals surface area contributed by atoms with Crippen molar-refractivity contribution in [1.82, 2.24) is 4.90 Å². The van der Waals surface area contributed by atoms with Crippen molar-refractivity contribution in [2.24, 2.45) is 5.92 Å². The predicted octanol–water partition coefficient (Wildman–Crippen LogP) is 2.21. The van der Waals surface area contributed by atoms with Crippen LogP contribution in [0.2, 0.25) is 0 Å². The first-order chi connectivity index (χ1) is 8.43. The van der Waals surface area contributed by atoms with Crippen LogP contribution in [0.15, 0.2) is 17.5 Å². The van der Waals surface area contributed by atoms with Crippen molar-refractivity contribution < 1.29 is 15.0 Å². The maximum atomic E-state index is 10.6. The van der Waals surface area contributed by atoms with E-state index in [1.807, 2.05) is 43.3 Å². The van der Waals surface area contributed by atoms with E-state index in [9.17, 15) is 9.90 Å². The van der Waals surface area contributed by atoms with Gasteiger partial charge in [0, 0.05) is 17.5 Å². The quantitative estimate of drug-likeness (QED) is 0.798. The summed E-state index contributed by atoms with van der Waals surface area (Å²) in [4.78, 5) is 13.5. The zero-order valence-corrected chi connectivity index (χ0v) is 11.9. The molecule has 0 saturated carbocycles. The maximum absolute atomic E-state index is 10.6. The molecule has 0 amide bonds. The molecule has 2 atom stereocenters. The van der Waals surface area contributed by atoms with E-state index >= 15 is 0 Å². The van der Waals surface area contributed by atoms with Crippen LogP contribution in [0.5, 0.6) is 0 Å². The van der Waals surface area contributed by atoms with Crippen LogP contribution in [0.1, 0.15) is 31.2 Å². The van der Waals surface area contributed by atoms with Gasteiger partial charge in [0.2, 0.25) is 0 Å². The summed E-state index contributed by atoms with van der Waals surface area (Å²) in [6.45, 7) is 4.53. The molecule has 0 aliphatic carbocycles. The fraction of sp³-hybridized carbons (Fsp3) is 0.615. The largest absolute Gasteiger partial charge is 0.481 e. The van der Waals surface area contributed by atoms with Crippen LogP contribution in [0.4, 0.5) is 0 Å². The molecule has 5 heteroatoms. The second kappa shape index (κ2) is 6.87. The molecular weight excluding hydrogens is 250 g/mol. The number of rotatable bonds is 7. The Bertz CT molecular complexity index is 364. The third-order valence-electron chi connectivity index (χ3n) is 3.03. The van der Waals surface area contributed by atoms with Gasteiger partial charge in [-0.1, -0.05) is 19.9 Å². The summed E-state index contributed by atoms with van der Waals surface area (Å²) in [6.07, 6.45) is -0.472. The summed E-state index contributed by atoms with van der Waals surface area (Å²) in [7, 11) is 1.87. The standard InChI is InChI=1S/C13H21NO3S/c1-9(2)12(14(3)7-6-11(15)16)13(17)10-5-4-8-18-10/h4-5,8-9,12-13,17H,6-7H2,1-3H3,(H,15,16). The van der Waals surface area contributed by atoms with Gasteiger partial charge in [0.15, 0.2) is 0 Å². The molecule has 1 rings (SSSR count). The van der Waals surface area contributed by atoms with Gasteiger partial charge in [-0.05, 0) is 24.4 Å². The fourth-order valence-corrected chi connectivity index (χ4v) is 2.91. The first kappa shape index (κ1) is 15.1. The van der Waals surface area contributed by atoms with E-state index in [-0.39, 0.29) is 18.4 Å². The van der Waals surface area contributed by atoms with Crippen molar-refractivity contribution in [3.8, 4) is 0 Å². The van der Waals surface area contributed by atoms with Gasteiger partial charge < -0.3 is 10.2 Å². The molecule has 18 heavy (non-hydrogen) atoms. The number of nitrogens with zero attached hydrogens (tertiary/aromatic N) is 1. The normalized spacial score (nSPS) is 15.0. The average Bonchev–Trinajstić information content (AvgIpc) is 2.79. The number of thiophene rings is 1. The van der Waals surface area contributed by atoms with Crippen molar-refractivity contribution in [1.29, 1.82) is 0 Å². The predicted molar refractivity (Wildman–Crippen MR) is 72.8 cm³/mol. The lowest BCUT2D eigenvalue weighted by molar-refractivity contribution is -0.137. The molecule has 4 nitrogen and oxygen atoms in total. The molecule has 2 unspecified atom stereocenters. The minimum Gasteiger partial charge on any atom is -0.481 e. The lowest BCUT2D eigenvalue weighted by Crippen LogP contribution is -2.41. The molecule has 2 N–H and O–H groups in total. The van der Waals surface area contributed by atoms with Gasteiger partial charge in [0.1, 0.15) is 6.10 Å². The summed E-state index contributed by atoms with van der Waals surface area (Å²) < 4.78 is 0. The summed E-state index contributed by atoms with van der Waals surface area (Å²) in [6, 6.07) is 3.76. The highest BCUT2D eigenvalue weighted by Crippen LogP contribution is 2.28. The smallest absolute Gasteiger partial charge is 0.304 e. The second-order valence-corrected chi connectivity index (χ2v) is 5.80. The van der Waals surface area contributed by atoms with Gasteiger partial charge >= 0.3 is 5.97 Å². The van der Waals surface area contributed by atoms with Crippen molar-refractivity contribution in [3.05, 3.63) is 22.4 Å². The van der Waals surface area contributed by atoms with Gasteiger partial charge in [-0.25, -0.2) is 0 Å². The van der Waals surface area contributed by atoms with Gasteiger partial charge in [0.25, 0.3) is 0 Å². The second-order valence-electron chi connectivity index (χ2n) is 4.82. The lowest BCUT2D eigenvalue weighted by Gasteiger charge is -2.34. The van der Waals surface area contributed by atoms with E-state index in [2.05, 4.69) is 0 Å². The van der Waals surface area contributed by atoms with Gasteiger partial charge in [-0.15, -0.1) is 11.3 Å². The van der Waals surface area contributed by atoms with Crippen LogP contribution in [0.25, 0.3) is 0 Å². The first-order valence-corrected chi connectivity index (χ1v) is 6.95. The highest BCUT2D eigenvalue weighted by Gasteiger charge is 2.28. The lowest BCUT2D eigenvalue weighted by atomic mass is 9.96. The Hall–Kier alpha value is -0.910. The van der Waals surface area contributed by atoms with Crippen LogP contribution >= 0.6 is 11.3 Å². The molecule has 0 aromatic carbocycles. The van der Waals surface area contributed by atoms with Crippen LogP contribution in [0, 0.1) is 5.92 Å². The Labute approximate surface area is 112 Å². The molecule has 1 aromatic rings. The van der Waals surface area contributed by atoms with Crippen LogP contribution < -0.4 is 0 Å². The highest BCUT2D eigenvalue weighted by molar-refractivity contribution is 7.10. The molecule has 102 valence electrons. The van der Waals surface area contributed by atoms with E-state index in [0.717, 1.165) is 4.88 Å². The molecule has 0 aliphatic rings. The Morgan fingerprint density at radius 2 is 2.17 bits per heavy atom. The third kappa shape index (κ3) is 4.08. The summed E-state index contributed by atoms with van der Waals surface area (Å²) in [5.74, 6) is -0.559. The van der Waals surface area contributed by atoms with Crippen LogP contribution in [0.3, 0.4) is 0 Å². The van der Waals surface area contributed by atoms with E-state index in [4.69, 9.17) is 5.11 Å². The topological polar surface area (TPSA) is 60.8 Å². The van der Waals surface area contributed by atoms with Crippen molar-refractivity contribution in [3.63, 3.8) is 0 Å². The first-order valence-electron chi connectivity index (χ1n) is 6.07. The summed E-state index contributed by atoms with van der Waals surface area (Å²) in [5, 5.41) is 21.1. The summed E-state index contributed by atoms with van der Waals surface area (Å²) in [5.41, 5.74) is 0. The molecule has 0 bridgehead atoms. The Balaban J connectivity index is 2.72. The molecule has 0 fully saturated rings. The molecule has 1 aromatic heterocycles. The van der Waals surface area contributed by atoms with Gasteiger partial charge in [0.05, 0.1) is 6.42 Å². The number of aliphatic carboxylic acids is 1. The van der Waals surface area contributed by atoms with E-state index < -0.39 is 12.1 Å². The van der Waals surface area contributed by atoms with E-state index in [0.29, 0.717) is 6.54 Å². The SMILES string of the molecule is CC(C)C(C(O)c1cccs1)N(C)CCC(=O)O. The number of likely N-dealkylation sites (N-methyl/N-ethyl adjacent to an activating group) is 1. The molecule has 0 spiro atoms. The maximum Gasteiger partial charge on any atom is 0.304 e. The minimum absolute atomic E-state index is 0.0667. The van der Waals surface area contributed by atoms with Crippen molar-refractivity contribution in [2.45, 2.75) is 32.4 Å². The van der Waals surface area contributed by atoms with Crippen LogP contribution in [-0.4, -0.2) is 40.7 Å². The zero-order chi connectivity index (χ0) is 13.7. The van der Waals surface area contributed by atoms with Crippen molar-refractivity contribution >= 4 is 17.3 Å². The number of hydrogen-bond acceptors (Lipinski definition) is 4. The van der Waals surface area contributed by atoms with Crippen molar-refractivity contribution in [2.75, 3.05) is 13.6 Å². The molecule has 0 saturated heterocycles. The number of carbonyl (C=O) groups is 1. The molecule has 1 heterocycles. The van der Waals surface area contributed by atoms with E-state index in [1.54, 1.807) is 0 Å². The Kier molecular flexibility index (Phi) is 5.78. The van der Waals surface area contributed by atoms with Crippen LogP contribution in [-0.2, 0) is 4.79 Å². The highest BCUT2D eigenvalue weighted by atomic mass is 32.1. The number of aliphatic hydroxyl groups is 1. The number of carboxylic acid groups (broad SMARTS) is 1. The molecule has 0 radical (unpaired) electrons. The van der Waals surface area contributed by atoms with Gasteiger partial charge in [-0.3, -0.25) is 9.69 Å². The third-order valence-corrected chi connectivity index (χ3v) is 3.97. The molecular formula is C13H21NO3S. The Morgan fingerprint density at radius 3 is 2.61 bits per heavy atom. The monoisotopic (exact) mass is 271 g/mol. The number of hydrogen-bond donors (Lipinski definition) is 2. The average molecular weight is 271 g/mol. The minimum atomic E-state index is -0.810. The number of aliphatic hydroxyl groups excluding tert-OH is 1. The van der Waals surface area contributed by atoms with E-state index in [1.165, 1.54) is 11.3 Å². The zero-order valence-electron chi connectivity index (χ0n) is 11.0. The number of carboxylic acids is 1. The Morgan fingerprint density at radius 1 is 1.50 bits per heavy atom.